The largest absolute Gasteiger partial charge is 0.322 e. The zero-order chi connectivity index (χ0) is 18.3. The topological polar surface area (TPSA) is 81.9 Å². The highest BCUT2D eigenvalue weighted by atomic mass is 16.2. The van der Waals surface area contributed by atoms with Gasteiger partial charge >= 0.3 is 6.03 Å². The van der Waals surface area contributed by atoms with Crippen LogP contribution in [0.25, 0.3) is 11.3 Å². The lowest BCUT2D eigenvalue weighted by atomic mass is 9.74. The first kappa shape index (κ1) is 16.5. The Morgan fingerprint density at radius 2 is 2.04 bits per heavy atom. The molecule has 2 amide bonds. The van der Waals surface area contributed by atoms with Crippen LogP contribution in [0.3, 0.4) is 0 Å². The SMILES string of the molecule is Cc1ccc(NC(=O)N2C3CC(C)CC2C3)cc1-c1cncc(C#N)n1. The fourth-order valence-electron chi connectivity index (χ4n) is 4.19. The van der Waals surface area contributed by atoms with Crippen molar-refractivity contribution in [1.29, 1.82) is 5.26 Å². The standard InChI is InChI=1S/C20H21N5O/c1-12-5-16-8-17(6-12)25(16)20(26)24-14-4-3-13(2)18(7-14)19-11-22-10-15(9-21)23-19/h3-4,7,10-12,16-17H,5-6,8H2,1-2H3,(H,24,26). The number of amides is 2. The molecular formula is C20H21N5O. The number of nitrogens with zero attached hydrogens (tertiary/aromatic N) is 4. The van der Waals surface area contributed by atoms with Crippen LogP contribution in [0.4, 0.5) is 10.5 Å². The van der Waals surface area contributed by atoms with Crippen LogP contribution >= 0.6 is 0 Å². The minimum atomic E-state index is -0.0233. The number of urea groups is 1. The third-order valence-electron chi connectivity index (χ3n) is 5.43. The zero-order valence-electron chi connectivity index (χ0n) is 14.9. The van der Waals surface area contributed by atoms with E-state index in [1.54, 1.807) is 6.20 Å². The van der Waals surface area contributed by atoms with Crippen molar-refractivity contribution in [2.75, 3.05) is 5.32 Å². The molecule has 2 bridgehead atoms. The smallest absolute Gasteiger partial charge is 0.318 e. The van der Waals surface area contributed by atoms with Gasteiger partial charge in [-0.25, -0.2) is 9.78 Å². The van der Waals surface area contributed by atoms with Gasteiger partial charge in [0.05, 0.1) is 18.1 Å². The maximum atomic E-state index is 12.7. The van der Waals surface area contributed by atoms with E-state index in [2.05, 4.69) is 22.2 Å². The van der Waals surface area contributed by atoms with Gasteiger partial charge in [0.2, 0.25) is 0 Å². The Hall–Kier alpha value is -2.94. The van der Waals surface area contributed by atoms with E-state index < -0.39 is 0 Å². The number of hydrogen-bond donors (Lipinski definition) is 1. The summed E-state index contributed by atoms with van der Waals surface area (Å²) >= 11 is 0. The molecule has 2 aliphatic heterocycles. The third kappa shape index (κ3) is 2.90. The van der Waals surface area contributed by atoms with Gasteiger partial charge in [-0.1, -0.05) is 13.0 Å². The first-order valence-corrected chi connectivity index (χ1v) is 8.97. The van der Waals surface area contributed by atoms with Crippen LogP contribution in [0.2, 0.25) is 0 Å². The Bertz CT molecular complexity index is 891. The summed E-state index contributed by atoms with van der Waals surface area (Å²) in [4.78, 5) is 23.1. The monoisotopic (exact) mass is 347 g/mol. The van der Waals surface area contributed by atoms with Gasteiger partial charge in [0.1, 0.15) is 6.07 Å². The number of hydrogen-bond acceptors (Lipinski definition) is 4. The number of nitrogens with one attached hydrogen (secondary N) is 1. The molecule has 2 saturated heterocycles. The minimum absolute atomic E-state index is 0.0233. The Balaban J connectivity index is 1.55. The second kappa shape index (κ2) is 6.41. The summed E-state index contributed by atoms with van der Waals surface area (Å²) in [6.45, 7) is 4.24. The first-order valence-electron chi connectivity index (χ1n) is 8.97. The summed E-state index contributed by atoms with van der Waals surface area (Å²) < 4.78 is 0. The van der Waals surface area contributed by atoms with Crippen molar-refractivity contribution in [2.45, 2.75) is 45.2 Å². The van der Waals surface area contributed by atoms with Crippen LogP contribution in [0, 0.1) is 24.2 Å². The van der Waals surface area contributed by atoms with E-state index in [1.807, 2.05) is 36.1 Å². The van der Waals surface area contributed by atoms with Gasteiger partial charge < -0.3 is 10.2 Å². The predicted octanol–water partition coefficient (Wildman–Crippen LogP) is 3.73. The van der Waals surface area contributed by atoms with Crippen molar-refractivity contribution in [1.82, 2.24) is 14.9 Å². The Labute approximate surface area is 152 Å². The number of aromatic nitrogens is 2. The molecular weight excluding hydrogens is 326 g/mol. The van der Waals surface area contributed by atoms with E-state index in [9.17, 15) is 4.79 Å². The van der Waals surface area contributed by atoms with Gasteiger partial charge in [0, 0.05) is 23.3 Å². The number of carbonyl (C=O) groups is 1. The molecule has 26 heavy (non-hydrogen) atoms. The predicted molar refractivity (Wildman–Crippen MR) is 98.4 cm³/mol. The van der Waals surface area contributed by atoms with E-state index in [0.717, 1.165) is 36.1 Å². The summed E-state index contributed by atoms with van der Waals surface area (Å²) in [7, 11) is 0. The lowest BCUT2D eigenvalue weighted by Gasteiger charge is -2.54. The molecule has 0 spiro atoms. The van der Waals surface area contributed by atoms with E-state index in [-0.39, 0.29) is 11.7 Å². The number of anilines is 1. The number of nitriles is 1. The van der Waals surface area contributed by atoms with Crippen LogP contribution < -0.4 is 5.32 Å². The number of rotatable bonds is 2. The molecule has 132 valence electrons. The maximum Gasteiger partial charge on any atom is 0.322 e. The van der Waals surface area contributed by atoms with E-state index in [4.69, 9.17) is 5.26 Å². The van der Waals surface area contributed by atoms with Gasteiger partial charge in [-0.05, 0) is 49.8 Å². The number of aryl methyl sites for hydroxylation is 1. The van der Waals surface area contributed by atoms with Gasteiger partial charge in [0.15, 0.2) is 5.69 Å². The van der Waals surface area contributed by atoms with Crippen LogP contribution in [0.1, 0.15) is 37.4 Å². The highest BCUT2D eigenvalue weighted by molar-refractivity contribution is 5.91. The number of benzene rings is 1. The maximum absolute atomic E-state index is 12.7. The zero-order valence-corrected chi connectivity index (χ0v) is 14.9. The van der Waals surface area contributed by atoms with Crippen molar-refractivity contribution >= 4 is 11.7 Å². The van der Waals surface area contributed by atoms with Gasteiger partial charge in [-0.15, -0.1) is 0 Å². The lowest BCUT2D eigenvalue weighted by molar-refractivity contribution is -0.00600. The first-order chi connectivity index (χ1) is 12.5. The number of carbonyl (C=O) groups excluding carboxylic acids is 1. The molecule has 0 radical (unpaired) electrons. The second-order valence-corrected chi connectivity index (χ2v) is 7.39. The molecule has 2 atom stereocenters. The molecule has 1 aromatic heterocycles. The molecule has 2 unspecified atom stereocenters. The van der Waals surface area contributed by atoms with Crippen molar-refractivity contribution < 1.29 is 4.79 Å². The minimum Gasteiger partial charge on any atom is -0.318 e. The third-order valence-corrected chi connectivity index (χ3v) is 5.43. The molecule has 0 saturated carbocycles. The average Bonchev–Trinajstić information content (AvgIpc) is 2.63. The van der Waals surface area contributed by atoms with E-state index in [0.29, 0.717) is 23.7 Å². The Kier molecular flexibility index (Phi) is 4.08. The number of piperidine rings is 1. The van der Waals surface area contributed by atoms with Gasteiger partial charge in [-0.3, -0.25) is 4.98 Å². The Morgan fingerprint density at radius 3 is 2.77 bits per heavy atom. The quantitative estimate of drug-likeness (QED) is 0.897. The highest BCUT2D eigenvalue weighted by Gasteiger charge is 2.46. The van der Waals surface area contributed by atoms with Crippen LogP contribution in [0.15, 0.2) is 30.6 Å². The fourth-order valence-corrected chi connectivity index (χ4v) is 4.19. The molecule has 2 aliphatic rings. The Morgan fingerprint density at radius 1 is 1.27 bits per heavy atom. The molecule has 3 heterocycles. The summed E-state index contributed by atoms with van der Waals surface area (Å²) in [5.74, 6) is 0.708. The summed E-state index contributed by atoms with van der Waals surface area (Å²) in [6.07, 6.45) is 6.40. The molecule has 4 rings (SSSR count). The van der Waals surface area contributed by atoms with Crippen LogP contribution in [-0.2, 0) is 0 Å². The molecule has 6 heteroatoms. The van der Waals surface area contributed by atoms with Crippen LogP contribution in [-0.4, -0.2) is 33.0 Å². The normalized spacial score (nSPS) is 23.7. The van der Waals surface area contributed by atoms with Crippen LogP contribution in [0.5, 0.6) is 0 Å². The van der Waals surface area contributed by atoms with Crippen molar-refractivity contribution in [3.8, 4) is 17.3 Å². The molecule has 2 fully saturated rings. The van der Waals surface area contributed by atoms with Crippen molar-refractivity contribution in [2.24, 2.45) is 5.92 Å². The van der Waals surface area contributed by atoms with Crippen molar-refractivity contribution in [3.05, 3.63) is 41.9 Å². The van der Waals surface area contributed by atoms with E-state index >= 15 is 0 Å². The highest BCUT2D eigenvalue weighted by Crippen LogP contribution is 2.41. The van der Waals surface area contributed by atoms with Gasteiger partial charge in [0.25, 0.3) is 0 Å². The molecule has 2 aromatic rings. The van der Waals surface area contributed by atoms with Crippen molar-refractivity contribution in [3.63, 3.8) is 0 Å². The average molecular weight is 347 g/mol. The molecule has 1 N–H and O–H groups in total. The summed E-state index contributed by atoms with van der Waals surface area (Å²) in [5.41, 5.74) is 3.52. The fraction of sp³-hybridized carbons (Fsp3) is 0.400. The number of fused-ring (bicyclic) bond motifs is 2. The lowest BCUT2D eigenvalue weighted by Crippen LogP contribution is -2.63. The summed E-state index contributed by atoms with van der Waals surface area (Å²) in [6, 6.07) is 8.50. The van der Waals surface area contributed by atoms with E-state index in [1.165, 1.54) is 6.20 Å². The molecule has 0 aliphatic carbocycles. The summed E-state index contributed by atoms with van der Waals surface area (Å²) in [5, 5.41) is 12.1. The molecule has 6 nitrogen and oxygen atoms in total. The second-order valence-electron chi connectivity index (χ2n) is 7.39. The van der Waals surface area contributed by atoms with Gasteiger partial charge in [-0.2, -0.15) is 5.26 Å². The molecule has 1 aromatic carbocycles.